The Kier molecular flexibility index (Phi) is 6.83. The first kappa shape index (κ1) is 23.3. The highest BCUT2D eigenvalue weighted by molar-refractivity contribution is 6.11. The topological polar surface area (TPSA) is 107 Å². The number of fused-ring (bicyclic) bond motifs is 1. The monoisotopic (exact) mass is 464 g/mol. The van der Waals surface area contributed by atoms with Crippen molar-refractivity contribution in [3.8, 4) is 11.5 Å². The quantitative estimate of drug-likeness (QED) is 0.681. The lowest BCUT2D eigenvalue weighted by Gasteiger charge is -2.40. The minimum Gasteiger partial charge on any atom is -0.497 e. The minimum atomic E-state index is -0.544. The van der Waals surface area contributed by atoms with Gasteiger partial charge in [0.15, 0.2) is 0 Å². The van der Waals surface area contributed by atoms with Crippen LogP contribution in [0.15, 0.2) is 53.7 Å². The number of carbonyl (C=O) groups is 2. The van der Waals surface area contributed by atoms with Crippen LogP contribution in [0, 0.1) is 0 Å². The fourth-order valence-electron chi connectivity index (χ4n) is 3.97. The van der Waals surface area contributed by atoms with E-state index in [9.17, 15) is 9.59 Å². The molecule has 0 radical (unpaired) electrons. The number of amides is 2. The number of anilines is 2. The minimum absolute atomic E-state index is 0.106. The lowest BCUT2D eigenvalue weighted by atomic mass is 10.0. The summed E-state index contributed by atoms with van der Waals surface area (Å²) in [6.07, 6.45) is 2.64. The number of aliphatic imine (C=N–C) groups is 1. The highest BCUT2D eigenvalue weighted by Crippen LogP contribution is 2.38. The molecule has 2 aliphatic heterocycles. The number of hydrogen-bond acceptors (Lipinski definition) is 7. The number of methoxy groups -OCH3 is 1. The van der Waals surface area contributed by atoms with Gasteiger partial charge in [-0.2, -0.15) is 0 Å². The van der Waals surface area contributed by atoms with Crippen LogP contribution in [-0.2, 0) is 9.53 Å². The largest absolute Gasteiger partial charge is 0.497 e. The van der Waals surface area contributed by atoms with Gasteiger partial charge in [-0.3, -0.25) is 14.7 Å². The van der Waals surface area contributed by atoms with Crippen molar-refractivity contribution in [1.29, 1.82) is 0 Å². The van der Waals surface area contributed by atoms with E-state index in [0.29, 0.717) is 41.7 Å². The Hall–Kier alpha value is -3.85. The molecule has 1 saturated heterocycles. The summed E-state index contributed by atoms with van der Waals surface area (Å²) in [5.41, 5.74) is 8.54. The zero-order valence-corrected chi connectivity index (χ0v) is 19.4. The molecule has 178 valence electrons. The molecule has 0 aliphatic carbocycles. The Labute approximate surface area is 198 Å². The molecule has 0 saturated carbocycles. The van der Waals surface area contributed by atoms with Gasteiger partial charge in [0.2, 0.25) is 5.91 Å². The summed E-state index contributed by atoms with van der Waals surface area (Å²) in [7, 11) is 1.57. The van der Waals surface area contributed by atoms with Gasteiger partial charge in [-0.05, 0) is 48.9 Å². The predicted octanol–water partition coefficient (Wildman–Crippen LogP) is 3.22. The molecule has 34 heavy (non-hydrogen) atoms. The Morgan fingerprint density at radius 1 is 1.12 bits per heavy atom. The SMILES string of the molecule is COc1ccc(OC(=O)N2C[C@H](C)N(C(C)=O)c3ccc(/C(C=NC4COC4)=C/N)cc32)cc1. The third-order valence-corrected chi connectivity index (χ3v) is 5.80. The molecule has 9 heteroatoms. The molecule has 9 nitrogen and oxygen atoms in total. The summed E-state index contributed by atoms with van der Waals surface area (Å²) in [6.45, 7) is 4.87. The number of carbonyl (C=O) groups excluding carboxylic acids is 2. The molecule has 2 aromatic rings. The molecule has 0 aromatic heterocycles. The summed E-state index contributed by atoms with van der Waals surface area (Å²) in [6, 6.07) is 12.2. The number of nitrogens with zero attached hydrogens (tertiary/aromatic N) is 3. The number of hydrogen-bond donors (Lipinski definition) is 1. The van der Waals surface area contributed by atoms with Gasteiger partial charge < -0.3 is 24.8 Å². The third-order valence-electron chi connectivity index (χ3n) is 5.80. The highest BCUT2D eigenvalue weighted by Gasteiger charge is 2.35. The molecule has 2 N–H and O–H groups in total. The second-order valence-corrected chi connectivity index (χ2v) is 8.19. The van der Waals surface area contributed by atoms with Gasteiger partial charge in [-0.25, -0.2) is 4.79 Å². The van der Waals surface area contributed by atoms with Crippen molar-refractivity contribution in [1.82, 2.24) is 0 Å². The zero-order chi connectivity index (χ0) is 24.2. The summed E-state index contributed by atoms with van der Waals surface area (Å²) in [4.78, 5) is 33.3. The number of benzene rings is 2. The van der Waals surface area contributed by atoms with Crippen molar-refractivity contribution in [2.75, 3.05) is 36.7 Å². The predicted molar refractivity (Wildman–Crippen MR) is 131 cm³/mol. The van der Waals surface area contributed by atoms with E-state index in [1.165, 1.54) is 18.0 Å². The van der Waals surface area contributed by atoms with Gasteiger partial charge in [0.05, 0.1) is 43.8 Å². The Morgan fingerprint density at radius 3 is 2.41 bits per heavy atom. The average molecular weight is 465 g/mol. The van der Waals surface area contributed by atoms with Gasteiger partial charge in [0.25, 0.3) is 0 Å². The normalized spacial score (nSPS) is 18.4. The van der Waals surface area contributed by atoms with Crippen LogP contribution in [-0.4, -0.2) is 57.2 Å². The van der Waals surface area contributed by atoms with Crippen LogP contribution in [0.3, 0.4) is 0 Å². The van der Waals surface area contributed by atoms with E-state index >= 15 is 0 Å². The molecule has 2 heterocycles. The standard InChI is InChI=1S/C25H28N4O5/c1-16-13-28(25(31)34-22-7-5-21(32-3)6-8-22)24-10-18(4-9-23(24)29(16)17(2)30)19(11-26)12-27-20-14-33-15-20/h4-12,16,20H,13-15,26H2,1-3H3/b19-11+,27-12?/t16-/m0/s1. The maximum Gasteiger partial charge on any atom is 0.419 e. The van der Waals surface area contributed by atoms with Crippen LogP contribution in [0.5, 0.6) is 11.5 Å². The number of nitrogens with two attached hydrogens (primary N) is 1. The number of allylic oxidation sites excluding steroid dienone is 1. The maximum atomic E-state index is 13.2. The van der Waals surface area contributed by atoms with E-state index in [1.54, 1.807) is 42.5 Å². The van der Waals surface area contributed by atoms with Crippen molar-refractivity contribution >= 4 is 35.2 Å². The molecule has 2 aromatic carbocycles. The maximum absolute atomic E-state index is 13.2. The van der Waals surface area contributed by atoms with Crippen molar-refractivity contribution in [3.05, 3.63) is 54.2 Å². The molecule has 0 spiro atoms. The summed E-state index contributed by atoms with van der Waals surface area (Å²) in [5.74, 6) is 0.947. The van der Waals surface area contributed by atoms with Gasteiger partial charge in [-0.15, -0.1) is 0 Å². The van der Waals surface area contributed by atoms with Crippen LogP contribution >= 0.6 is 0 Å². The summed E-state index contributed by atoms with van der Waals surface area (Å²) in [5, 5.41) is 0. The highest BCUT2D eigenvalue weighted by atomic mass is 16.6. The van der Waals surface area contributed by atoms with E-state index in [2.05, 4.69) is 4.99 Å². The first-order valence-corrected chi connectivity index (χ1v) is 11.0. The van der Waals surface area contributed by atoms with E-state index < -0.39 is 6.09 Å². The smallest absolute Gasteiger partial charge is 0.419 e. The summed E-state index contributed by atoms with van der Waals surface area (Å²) < 4.78 is 15.9. The molecular weight excluding hydrogens is 436 g/mol. The summed E-state index contributed by atoms with van der Waals surface area (Å²) >= 11 is 0. The molecule has 2 aliphatic rings. The van der Waals surface area contributed by atoms with Gasteiger partial charge >= 0.3 is 6.09 Å². The van der Waals surface area contributed by atoms with Crippen LogP contribution < -0.4 is 25.0 Å². The molecule has 1 fully saturated rings. The van der Waals surface area contributed by atoms with Crippen LogP contribution in [0.25, 0.3) is 5.57 Å². The molecular formula is C25H28N4O5. The van der Waals surface area contributed by atoms with Crippen molar-refractivity contribution in [2.45, 2.75) is 25.9 Å². The van der Waals surface area contributed by atoms with E-state index in [-0.39, 0.29) is 24.5 Å². The lowest BCUT2D eigenvalue weighted by molar-refractivity contribution is -0.117. The average Bonchev–Trinajstić information content (AvgIpc) is 2.80. The van der Waals surface area contributed by atoms with E-state index in [4.69, 9.17) is 19.9 Å². The fourth-order valence-corrected chi connectivity index (χ4v) is 3.97. The molecule has 4 rings (SSSR count). The van der Waals surface area contributed by atoms with E-state index in [0.717, 1.165) is 5.56 Å². The van der Waals surface area contributed by atoms with Crippen molar-refractivity contribution in [3.63, 3.8) is 0 Å². The van der Waals surface area contributed by atoms with Crippen LogP contribution in [0.2, 0.25) is 0 Å². The second kappa shape index (κ2) is 9.96. The van der Waals surface area contributed by atoms with Gasteiger partial charge in [0.1, 0.15) is 11.5 Å². The van der Waals surface area contributed by atoms with Crippen molar-refractivity contribution in [2.24, 2.45) is 10.7 Å². The molecule has 1 atom stereocenters. The molecule has 0 unspecified atom stereocenters. The Bertz CT molecular complexity index is 1120. The first-order valence-electron chi connectivity index (χ1n) is 11.0. The van der Waals surface area contributed by atoms with Gasteiger partial charge in [0, 0.05) is 31.5 Å². The number of rotatable bonds is 5. The Balaban J connectivity index is 1.67. The zero-order valence-electron chi connectivity index (χ0n) is 19.4. The van der Waals surface area contributed by atoms with Gasteiger partial charge in [-0.1, -0.05) is 6.07 Å². The lowest BCUT2D eigenvalue weighted by Crippen LogP contribution is -2.52. The molecule has 2 amide bonds. The van der Waals surface area contributed by atoms with E-state index in [1.807, 2.05) is 25.1 Å². The third kappa shape index (κ3) is 4.74. The second-order valence-electron chi connectivity index (χ2n) is 8.19. The fraction of sp³-hybridized carbons (Fsp3) is 0.320. The first-order chi connectivity index (χ1) is 16.4. The Morgan fingerprint density at radius 2 is 1.82 bits per heavy atom. The van der Waals surface area contributed by atoms with Crippen LogP contribution in [0.4, 0.5) is 16.2 Å². The van der Waals surface area contributed by atoms with Crippen molar-refractivity contribution < 1.29 is 23.8 Å². The van der Waals surface area contributed by atoms with Crippen LogP contribution in [0.1, 0.15) is 19.4 Å². The molecule has 0 bridgehead atoms. The number of ether oxygens (including phenoxy) is 3.